The summed E-state index contributed by atoms with van der Waals surface area (Å²) in [5, 5.41) is 0. The van der Waals surface area contributed by atoms with Crippen molar-refractivity contribution in [1.29, 1.82) is 0 Å². The van der Waals surface area contributed by atoms with Crippen LogP contribution in [0.15, 0.2) is 18.2 Å². The molecule has 0 aromatic heterocycles. The van der Waals surface area contributed by atoms with Crippen LogP contribution in [0.2, 0.25) is 0 Å². The van der Waals surface area contributed by atoms with Crippen molar-refractivity contribution in [1.82, 2.24) is 0 Å². The van der Waals surface area contributed by atoms with Gasteiger partial charge in [-0.15, -0.1) is 0 Å². The van der Waals surface area contributed by atoms with E-state index >= 15 is 0 Å². The van der Waals surface area contributed by atoms with E-state index < -0.39 is 36.6 Å². The van der Waals surface area contributed by atoms with E-state index in [4.69, 9.17) is 38.9 Å². The van der Waals surface area contributed by atoms with Crippen LogP contribution >= 0.6 is 0 Å². The molecule has 0 aliphatic heterocycles. The van der Waals surface area contributed by atoms with Crippen molar-refractivity contribution < 1.29 is 52.3 Å². The first-order valence-corrected chi connectivity index (χ1v) is 14.1. The number of carbonyl (C=O) groups excluding carboxylic acids is 4. The van der Waals surface area contributed by atoms with Crippen LogP contribution in [-0.2, 0) is 34.9 Å². The van der Waals surface area contributed by atoms with Crippen molar-refractivity contribution in [3.05, 3.63) is 23.8 Å². The molecule has 0 saturated carbocycles. The lowest BCUT2D eigenvalue weighted by molar-refractivity contribution is -0.148. The minimum Gasteiger partial charge on any atom is -0.461 e. The van der Waals surface area contributed by atoms with E-state index in [-0.39, 0.29) is 42.8 Å². The first kappa shape index (κ1) is 35.5. The van der Waals surface area contributed by atoms with Gasteiger partial charge < -0.3 is 38.9 Å². The number of hydrogen-bond donors (Lipinski definition) is 1. The highest BCUT2D eigenvalue weighted by molar-refractivity contribution is 5.76. The number of hydrogen-bond acceptors (Lipinski definition) is 12. The molecular weight excluding hydrogens is 538 g/mol. The molecule has 0 fully saturated rings. The second-order valence-electron chi connectivity index (χ2n) is 9.88. The van der Waals surface area contributed by atoms with Crippen molar-refractivity contribution in [2.45, 2.75) is 117 Å². The second-order valence-corrected chi connectivity index (χ2v) is 9.88. The molecule has 12 nitrogen and oxygen atoms in total. The molecule has 41 heavy (non-hydrogen) atoms. The SMILES string of the molecule is CCCC(C)OC(=O)Oc1ccc(C[C@H](N)C(=O)OC[C@H](C)OC(=O)OC(C)CC)cc1OC(=O)OC(C)CCC. The van der Waals surface area contributed by atoms with Crippen molar-refractivity contribution in [2.75, 3.05) is 6.61 Å². The Morgan fingerprint density at radius 1 is 0.707 bits per heavy atom. The quantitative estimate of drug-likeness (QED) is 0.141. The van der Waals surface area contributed by atoms with Crippen LogP contribution in [0.1, 0.15) is 86.1 Å². The zero-order chi connectivity index (χ0) is 30.9. The van der Waals surface area contributed by atoms with Gasteiger partial charge in [-0.05, 0) is 71.1 Å². The first-order valence-electron chi connectivity index (χ1n) is 14.1. The average Bonchev–Trinajstić information content (AvgIpc) is 2.88. The number of esters is 1. The first-order chi connectivity index (χ1) is 19.4. The van der Waals surface area contributed by atoms with Gasteiger partial charge in [0.1, 0.15) is 37.1 Å². The molecule has 0 radical (unpaired) electrons. The Morgan fingerprint density at radius 3 is 1.76 bits per heavy atom. The van der Waals surface area contributed by atoms with Crippen LogP contribution < -0.4 is 15.2 Å². The van der Waals surface area contributed by atoms with Crippen molar-refractivity contribution in [2.24, 2.45) is 5.73 Å². The van der Waals surface area contributed by atoms with Crippen LogP contribution in [0.25, 0.3) is 0 Å². The molecule has 2 N–H and O–H groups in total. The molecule has 0 amide bonds. The minimum absolute atomic E-state index is 0.0000332. The molecule has 0 saturated heterocycles. The highest BCUT2D eigenvalue weighted by Crippen LogP contribution is 2.30. The molecule has 0 heterocycles. The summed E-state index contributed by atoms with van der Waals surface area (Å²) in [6.07, 6.45) is -1.04. The van der Waals surface area contributed by atoms with Crippen LogP contribution in [0.5, 0.6) is 11.5 Å². The summed E-state index contributed by atoms with van der Waals surface area (Å²) in [4.78, 5) is 48.8. The summed E-state index contributed by atoms with van der Waals surface area (Å²) in [5.74, 6) is -0.924. The van der Waals surface area contributed by atoms with Gasteiger partial charge in [-0.1, -0.05) is 39.7 Å². The Balaban J connectivity index is 2.89. The van der Waals surface area contributed by atoms with Gasteiger partial charge >= 0.3 is 24.4 Å². The topological polar surface area (TPSA) is 159 Å². The molecule has 5 atom stereocenters. The van der Waals surface area contributed by atoms with Crippen molar-refractivity contribution in [3.8, 4) is 11.5 Å². The summed E-state index contributed by atoms with van der Waals surface area (Å²) >= 11 is 0. The number of benzene rings is 1. The molecule has 1 aromatic rings. The molecule has 3 unspecified atom stereocenters. The fraction of sp³-hybridized carbons (Fsp3) is 0.655. The molecule has 1 rings (SSSR count). The van der Waals surface area contributed by atoms with E-state index in [2.05, 4.69) is 0 Å². The fourth-order valence-electron chi connectivity index (χ4n) is 3.45. The summed E-state index contributed by atoms with van der Waals surface area (Å²) in [6.45, 7) is 12.3. The summed E-state index contributed by atoms with van der Waals surface area (Å²) < 4.78 is 36.3. The van der Waals surface area contributed by atoms with E-state index in [1.54, 1.807) is 33.8 Å². The predicted octanol–water partition coefficient (Wildman–Crippen LogP) is 5.85. The standard InChI is InChI=1S/C29H45NO11/c1-8-11-19(5)37-28(33)40-24-14-13-22(16-25(24)41-29(34)38-20(6)12-9-2)15-23(30)26(31)35-17-21(7)39-27(32)36-18(4)10-3/h13-14,16,18-21,23H,8-12,15,17,30H2,1-7H3/t18?,19?,20?,21-,23-/m0/s1. The smallest absolute Gasteiger partial charge is 0.461 e. The molecule has 1 aromatic carbocycles. The van der Waals surface area contributed by atoms with Gasteiger partial charge in [-0.2, -0.15) is 0 Å². The normalized spacial score (nSPS) is 14.4. The highest BCUT2D eigenvalue weighted by atomic mass is 16.8. The Kier molecular flexibility index (Phi) is 16.2. The molecular formula is C29H45NO11. The highest BCUT2D eigenvalue weighted by Gasteiger charge is 2.23. The molecule has 0 bridgehead atoms. The molecule has 232 valence electrons. The van der Waals surface area contributed by atoms with Gasteiger partial charge in [0.05, 0.1) is 0 Å². The lowest BCUT2D eigenvalue weighted by Crippen LogP contribution is -2.36. The van der Waals surface area contributed by atoms with Crippen LogP contribution in [0, 0.1) is 0 Å². The zero-order valence-corrected chi connectivity index (χ0v) is 25.1. The predicted molar refractivity (Wildman–Crippen MR) is 149 cm³/mol. The van der Waals surface area contributed by atoms with Crippen molar-refractivity contribution in [3.63, 3.8) is 0 Å². The van der Waals surface area contributed by atoms with E-state index in [0.29, 0.717) is 24.8 Å². The minimum atomic E-state index is -1.09. The van der Waals surface area contributed by atoms with Crippen molar-refractivity contribution >= 4 is 24.4 Å². The fourth-order valence-corrected chi connectivity index (χ4v) is 3.45. The molecule has 0 aliphatic carbocycles. The number of nitrogens with two attached hydrogens (primary N) is 1. The monoisotopic (exact) mass is 583 g/mol. The van der Waals surface area contributed by atoms with Gasteiger partial charge in [0, 0.05) is 0 Å². The molecule has 12 heteroatoms. The zero-order valence-electron chi connectivity index (χ0n) is 25.1. The third-order valence-electron chi connectivity index (χ3n) is 5.77. The van der Waals surface area contributed by atoms with Crippen LogP contribution in [-0.4, -0.2) is 61.5 Å². The number of ether oxygens (including phenoxy) is 7. The summed E-state index contributed by atoms with van der Waals surface area (Å²) in [5.41, 5.74) is 6.51. The summed E-state index contributed by atoms with van der Waals surface area (Å²) in [7, 11) is 0. The Labute approximate surface area is 242 Å². The average molecular weight is 584 g/mol. The maximum Gasteiger partial charge on any atom is 0.514 e. The van der Waals surface area contributed by atoms with Gasteiger partial charge in [0.25, 0.3) is 0 Å². The van der Waals surface area contributed by atoms with E-state index in [1.165, 1.54) is 12.1 Å². The third-order valence-corrected chi connectivity index (χ3v) is 5.77. The Bertz CT molecular complexity index is 984. The third kappa shape index (κ3) is 14.6. The number of rotatable bonds is 16. The number of carbonyl (C=O) groups is 4. The Hall–Kier alpha value is -3.54. The van der Waals surface area contributed by atoms with E-state index in [9.17, 15) is 19.2 Å². The van der Waals surface area contributed by atoms with Crippen LogP contribution in [0.3, 0.4) is 0 Å². The Morgan fingerprint density at radius 2 is 1.22 bits per heavy atom. The van der Waals surface area contributed by atoms with E-state index in [0.717, 1.165) is 12.8 Å². The maximum absolute atomic E-state index is 12.5. The van der Waals surface area contributed by atoms with Crippen LogP contribution in [0.4, 0.5) is 14.4 Å². The lowest BCUT2D eigenvalue weighted by atomic mass is 10.1. The maximum atomic E-state index is 12.5. The molecule has 0 spiro atoms. The van der Waals surface area contributed by atoms with Gasteiger partial charge in [0.15, 0.2) is 11.5 Å². The lowest BCUT2D eigenvalue weighted by Gasteiger charge is -2.18. The van der Waals surface area contributed by atoms with Gasteiger partial charge in [0.2, 0.25) is 0 Å². The largest absolute Gasteiger partial charge is 0.514 e. The summed E-state index contributed by atoms with van der Waals surface area (Å²) in [6, 6.07) is 3.27. The van der Waals surface area contributed by atoms with Gasteiger partial charge in [-0.3, -0.25) is 4.79 Å². The van der Waals surface area contributed by atoms with Gasteiger partial charge in [-0.25, -0.2) is 14.4 Å². The van der Waals surface area contributed by atoms with E-state index in [1.807, 2.05) is 20.8 Å². The second kappa shape index (κ2) is 18.7. The molecule has 0 aliphatic rings.